The van der Waals surface area contributed by atoms with Crippen LogP contribution < -0.4 is 4.73 Å². The zero-order chi connectivity index (χ0) is 18.2. The Labute approximate surface area is 151 Å². The van der Waals surface area contributed by atoms with Gasteiger partial charge in [0.05, 0.1) is 5.02 Å². The minimum Gasteiger partial charge on any atom is -0.361 e. The van der Waals surface area contributed by atoms with E-state index in [0.717, 1.165) is 21.5 Å². The van der Waals surface area contributed by atoms with Gasteiger partial charge in [-0.15, -0.1) is 0 Å². The summed E-state index contributed by atoms with van der Waals surface area (Å²) in [4.78, 5) is 4.43. The predicted octanol–water partition coefficient (Wildman–Crippen LogP) is 3.55. The Balaban J connectivity index is 2.08. The van der Waals surface area contributed by atoms with E-state index in [2.05, 4.69) is 24.6 Å². The van der Waals surface area contributed by atoms with Gasteiger partial charge in [0.15, 0.2) is 6.07 Å². The lowest BCUT2D eigenvalue weighted by molar-refractivity contribution is -0.905. The molecule has 0 aliphatic heterocycles. The van der Waals surface area contributed by atoms with E-state index in [1.165, 1.54) is 6.20 Å². The van der Waals surface area contributed by atoms with Gasteiger partial charge in [-0.05, 0) is 12.1 Å². The number of pyridine rings is 2. The topological polar surface area (TPSA) is 74.9 Å². The molecule has 0 spiro atoms. The molecule has 0 unspecified atom stereocenters. The summed E-state index contributed by atoms with van der Waals surface area (Å²) < 4.78 is 8.55. The summed E-state index contributed by atoms with van der Waals surface area (Å²) in [5, 5.41) is 21.2. The minimum atomic E-state index is -1.17. The molecule has 3 aromatic rings. The van der Waals surface area contributed by atoms with E-state index in [1.54, 1.807) is 18.3 Å². The van der Waals surface area contributed by atoms with Gasteiger partial charge in [-0.25, -0.2) is 4.98 Å². The fourth-order valence-electron chi connectivity index (χ4n) is 2.69. The average Bonchev–Trinajstić information content (AvgIpc) is 2.84. The van der Waals surface area contributed by atoms with Crippen LogP contribution in [-0.4, -0.2) is 29.4 Å². The molecule has 0 amide bonds. The summed E-state index contributed by atoms with van der Waals surface area (Å²) >= 11 is 6.37. The van der Waals surface area contributed by atoms with Gasteiger partial charge in [-0.2, -0.15) is 5.26 Å². The van der Waals surface area contributed by atoms with Crippen molar-refractivity contribution in [2.75, 3.05) is 6.61 Å². The molecule has 0 saturated carbocycles. The lowest BCUT2D eigenvalue weighted by atomic mass is 10.2. The second kappa shape index (κ2) is 6.63. The van der Waals surface area contributed by atoms with Crippen LogP contribution in [0.2, 0.25) is 30.7 Å². The Morgan fingerprint density at radius 3 is 2.88 bits per heavy atom. The van der Waals surface area contributed by atoms with Crippen molar-refractivity contribution in [3.8, 4) is 6.07 Å². The highest BCUT2D eigenvalue weighted by atomic mass is 35.5. The third-order valence-electron chi connectivity index (χ3n) is 4.08. The number of rotatable bonds is 5. The zero-order valence-electron chi connectivity index (χ0n) is 14.5. The maximum Gasteiger partial charge on any atom is 0.334 e. The average molecular weight is 376 g/mol. The van der Waals surface area contributed by atoms with Crippen molar-refractivity contribution in [1.29, 1.82) is 5.26 Å². The Morgan fingerprint density at radius 2 is 2.20 bits per heavy atom. The summed E-state index contributed by atoms with van der Waals surface area (Å²) in [6.45, 7) is 7.89. The van der Waals surface area contributed by atoms with Crippen molar-refractivity contribution in [2.24, 2.45) is 0 Å². The number of fused-ring (bicyclic) bond motifs is 3. The van der Waals surface area contributed by atoms with Gasteiger partial charge in [0.1, 0.15) is 17.9 Å². The van der Waals surface area contributed by atoms with Gasteiger partial charge < -0.3 is 4.74 Å². The van der Waals surface area contributed by atoms with Gasteiger partial charge >= 0.3 is 5.69 Å². The number of halogens is 1. The molecule has 0 fully saturated rings. The summed E-state index contributed by atoms with van der Waals surface area (Å²) in [5.74, 6) is 0. The maximum atomic E-state index is 10.00. The van der Waals surface area contributed by atoms with Crippen LogP contribution >= 0.6 is 11.6 Å². The largest absolute Gasteiger partial charge is 0.361 e. The SMILES string of the molecule is C[Si](C)(C)CCOCn1c2c[n+](O)c(C#N)cc2c2c(Cl)ccnc21. The molecule has 0 bridgehead atoms. The smallest absolute Gasteiger partial charge is 0.334 e. The van der Waals surface area contributed by atoms with Gasteiger partial charge in [-0.1, -0.05) is 31.2 Å². The monoisotopic (exact) mass is 375 g/mol. The molecular formula is C17H20ClN4O2Si+. The maximum absolute atomic E-state index is 10.00. The summed E-state index contributed by atoms with van der Waals surface area (Å²) in [5.41, 5.74) is 1.52. The first-order valence-corrected chi connectivity index (χ1v) is 12.1. The third-order valence-corrected chi connectivity index (χ3v) is 6.09. The summed E-state index contributed by atoms with van der Waals surface area (Å²) in [6, 6.07) is 6.36. The van der Waals surface area contributed by atoms with Gasteiger partial charge in [0.25, 0.3) is 0 Å². The fourth-order valence-corrected chi connectivity index (χ4v) is 3.69. The first kappa shape index (κ1) is 17.7. The van der Waals surface area contributed by atoms with Crippen molar-refractivity contribution >= 4 is 41.6 Å². The second-order valence-electron chi connectivity index (χ2n) is 7.18. The van der Waals surface area contributed by atoms with E-state index in [0.29, 0.717) is 29.5 Å². The highest BCUT2D eigenvalue weighted by molar-refractivity contribution is 6.76. The molecule has 0 radical (unpaired) electrons. The molecule has 1 N–H and O–H groups in total. The molecule has 25 heavy (non-hydrogen) atoms. The van der Waals surface area contributed by atoms with E-state index in [9.17, 15) is 5.21 Å². The summed E-state index contributed by atoms with van der Waals surface area (Å²) in [7, 11) is -1.17. The van der Waals surface area contributed by atoms with Crippen molar-refractivity contribution in [3.63, 3.8) is 0 Å². The van der Waals surface area contributed by atoms with Crippen molar-refractivity contribution < 1.29 is 14.7 Å². The first-order chi connectivity index (χ1) is 11.8. The lowest BCUT2D eigenvalue weighted by Gasteiger charge is -2.15. The Bertz CT molecular complexity index is 988. The molecule has 0 aliphatic rings. The molecule has 6 nitrogen and oxygen atoms in total. The van der Waals surface area contributed by atoms with E-state index in [4.69, 9.17) is 21.6 Å². The number of nitriles is 1. The Kier molecular flexibility index (Phi) is 4.69. The van der Waals surface area contributed by atoms with Crippen LogP contribution in [-0.2, 0) is 11.5 Å². The minimum absolute atomic E-state index is 0.131. The van der Waals surface area contributed by atoms with Crippen molar-refractivity contribution in [1.82, 2.24) is 9.55 Å². The van der Waals surface area contributed by atoms with E-state index < -0.39 is 8.07 Å². The molecule has 0 aliphatic carbocycles. The highest BCUT2D eigenvalue weighted by Crippen LogP contribution is 2.32. The number of nitrogens with zero attached hydrogens (tertiary/aromatic N) is 4. The van der Waals surface area contributed by atoms with Gasteiger partial charge in [0.2, 0.25) is 6.20 Å². The molecule has 3 aromatic heterocycles. The molecule has 0 atom stereocenters. The molecule has 130 valence electrons. The molecule has 0 saturated heterocycles. The number of aromatic nitrogens is 3. The highest BCUT2D eigenvalue weighted by Gasteiger charge is 2.21. The van der Waals surface area contributed by atoms with Gasteiger partial charge in [0, 0.05) is 42.4 Å². The quantitative estimate of drug-likeness (QED) is 0.320. The van der Waals surface area contributed by atoms with Crippen LogP contribution in [0.1, 0.15) is 5.69 Å². The normalized spacial score (nSPS) is 12.0. The molecule has 3 rings (SSSR count). The van der Waals surface area contributed by atoms with Crippen LogP contribution in [0, 0.1) is 11.3 Å². The van der Waals surface area contributed by atoms with E-state index in [-0.39, 0.29) is 5.69 Å². The molecular weight excluding hydrogens is 356 g/mol. The molecule has 8 heteroatoms. The van der Waals surface area contributed by atoms with Crippen molar-refractivity contribution in [2.45, 2.75) is 32.4 Å². The number of hydrogen-bond donors (Lipinski definition) is 1. The number of hydrogen-bond acceptors (Lipinski definition) is 4. The van der Waals surface area contributed by atoms with E-state index >= 15 is 0 Å². The third kappa shape index (κ3) is 3.47. The Hall–Kier alpha value is -2.14. The first-order valence-electron chi connectivity index (χ1n) is 8.01. The Morgan fingerprint density at radius 1 is 1.44 bits per heavy atom. The van der Waals surface area contributed by atoms with Crippen LogP contribution in [0.5, 0.6) is 0 Å². The zero-order valence-corrected chi connectivity index (χ0v) is 16.2. The molecule has 3 heterocycles. The van der Waals surface area contributed by atoms with Crippen LogP contribution in [0.25, 0.3) is 21.9 Å². The summed E-state index contributed by atoms with van der Waals surface area (Å²) in [6.07, 6.45) is 3.13. The second-order valence-corrected chi connectivity index (χ2v) is 13.2. The molecule has 0 aromatic carbocycles. The van der Waals surface area contributed by atoms with Crippen LogP contribution in [0.4, 0.5) is 0 Å². The standard InChI is InChI=1S/C17H20ClN4O2Si/c1-25(2,3)7-6-24-11-21-15-10-22(23)12(9-19)8-13(15)16-14(18)4-5-20-17(16)21/h4-5,8,10,23H,6-7,11H2,1-3H3/q+1. The number of ether oxygens (including phenoxy) is 1. The van der Waals surface area contributed by atoms with Crippen molar-refractivity contribution in [3.05, 3.63) is 35.2 Å². The predicted molar refractivity (Wildman–Crippen MR) is 98.4 cm³/mol. The van der Waals surface area contributed by atoms with Crippen LogP contribution in [0.3, 0.4) is 0 Å². The van der Waals surface area contributed by atoms with Crippen LogP contribution in [0.15, 0.2) is 24.5 Å². The van der Waals surface area contributed by atoms with E-state index in [1.807, 2.05) is 10.6 Å². The lowest BCUT2D eigenvalue weighted by Crippen LogP contribution is -2.33. The van der Waals surface area contributed by atoms with Gasteiger partial charge in [-0.3, -0.25) is 9.77 Å². The fraction of sp³-hybridized carbons (Fsp3) is 0.353.